The number of benzene rings is 2. The van der Waals surface area contributed by atoms with E-state index in [4.69, 9.17) is 16.3 Å². The van der Waals surface area contributed by atoms with Gasteiger partial charge >= 0.3 is 0 Å². The lowest BCUT2D eigenvalue weighted by molar-refractivity contribution is -0.113. The first-order valence-electron chi connectivity index (χ1n) is 10.7. The molecule has 0 aliphatic heterocycles. The summed E-state index contributed by atoms with van der Waals surface area (Å²) in [6, 6.07) is 11.9. The van der Waals surface area contributed by atoms with Gasteiger partial charge in [-0.25, -0.2) is 0 Å². The van der Waals surface area contributed by atoms with Crippen molar-refractivity contribution in [3.05, 3.63) is 64.4 Å². The van der Waals surface area contributed by atoms with Crippen molar-refractivity contribution in [1.82, 2.24) is 20.1 Å². The summed E-state index contributed by atoms with van der Waals surface area (Å²) in [4.78, 5) is 25.2. The van der Waals surface area contributed by atoms with Gasteiger partial charge in [0.25, 0.3) is 5.91 Å². The molecule has 0 saturated heterocycles. The number of anilines is 1. The second kappa shape index (κ2) is 11.4. The van der Waals surface area contributed by atoms with E-state index in [1.165, 1.54) is 11.8 Å². The fourth-order valence-corrected chi connectivity index (χ4v) is 4.12. The highest BCUT2D eigenvalue weighted by Crippen LogP contribution is 2.25. The number of rotatable bonds is 9. The number of carbonyl (C=O) groups excluding carboxylic acids is 2. The zero-order valence-corrected chi connectivity index (χ0v) is 21.3. The quantitative estimate of drug-likeness (QED) is 0.414. The average molecular weight is 502 g/mol. The standard InChI is InChI=1S/C24H28ClN5O3S/c1-14(2)21(27-23(32)16-7-10-18(33-5)11-8-16)22-28-29-24(30(22)4)34-13-20(31)26-17-9-6-15(3)19(25)12-17/h6-12,14,21H,13H2,1-5H3,(H,26,31)(H,27,32). The van der Waals surface area contributed by atoms with Crippen LogP contribution in [0.2, 0.25) is 5.02 Å². The van der Waals surface area contributed by atoms with Crippen molar-refractivity contribution >= 4 is 40.9 Å². The molecule has 1 aromatic heterocycles. The topological polar surface area (TPSA) is 98.1 Å². The lowest BCUT2D eigenvalue weighted by atomic mass is 10.0. The van der Waals surface area contributed by atoms with Crippen molar-refractivity contribution in [3.8, 4) is 5.75 Å². The van der Waals surface area contributed by atoms with Crippen molar-refractivity contribution in [2.75, 3.05) is 18.2 Å². The van der Waals surface area contributed by atoms with Gasteiger partial charge < -0.3 is 19.9 Å². The number of amides is 2. The Bertz CT molecular complexity index is 1160. The molecule has 2 amide bonds. The van der Waals surface area contributed by atoms with E-state index in [0.717, 1.165) is 5.56 Å². The number of aryl methyl sites for hydroxylation is 1. The molecule has 1 unspecified atom stereocenters. The smallest absolute Gasteiger partial charge is 0.251 e. The second-order valence-corrected chi connectivity index (χ2v) is 9.47. The van der Waals surface area contributed by atoms with E-state index in [1.807, 2.05) is 40.0 Å². The first-order chi connectivity index (χ1) is 16.2. The number of hydrogen-bond donors (Lipinski definition) is 2. The zero-order valence-electron chi connectivity index (χ0n) is 19.8. The third-order valence-corrected chi connectivity index (χ3v) is 6.67. The Morgan fingerprint density at radius 2 is 1.85 bits per heavy atom. The largest absolute Gasteiger partial charge is 0.497 e. The van der Waals surface area contributed by atoms with Gasteiger partial charge in [0.2, 0.25) is 5.91 Å². The van der Waals surface area contributed by atoms with Crippen molar-refractivity contribution in [2.45, 2.75) is 32.0 Å². The Kier molecular flexibility index (Phi) is 8.57. The number of halogens is 1. The number of carbonyl (C=O) groups is 2. The maximum Gasteiger partial charge on any atom is 0.251 e. The van der Waals surface area contributed by atoms with Crippen LogP contribution in [-0.2, 0) is 11.8 Å². The number of aromatic nitrogens is 3. The lowest BCUT2D eigenvalue weighted by Crippen LogP contribution is -2.33. The minimum atomic E-state index is -0.357. The maximum absolute atomic E-state index is 12.8. The normalized spacial score (nSPS) is 11.9. The highest BCUT2D eigenvalue weighted by atomic mass is 35.5. The molecule has 0 fully saturated rings. The fourth-order valence-electron chi connectivity index (χ4n) is 3.22. The second-order valence-electron chi connectivity index (χ2n) is 8.12. The van der Waals surface area contributed by atoms with E-state index in [-0.39, 0.29) is 29.5 Å². The van der Waals surface area contributed by atoms with E-state index in [9.17, 15) is 9.59 Å². The fraction of sp³-hybridized carbons (Fsp3) is 0.333. The van der Waals surface area contributed by atoms with Gasteiger partial charge in [-0.3, -0.25) is 9.59 Å². The molecule has 2 N–H and O–H groups in total. The summed E-state index contributed by atoms with van der Waals surface area (Å²) in [6.45, 7) is 5.90. The number of thioether (sulfide) groups is 1. The van der Waals surface area contributed by atoms with Gasteiger partial charge in [-0.05, 0) is 54.8 Å². The van der Waals surface area contributed by atoms with Gasteiger partial charge in [-0.1, -0.05) is 43.3 Å². The molecule has 2 aromatic carbocycles. The number of nitrogens with zero attached hydrogens (tertiary/aromatic N) is 3. The van der Waals surface area contributed by atoms with E-state index in [2.05, 4.69) is 20.8 Å². The van der Waals surface area contributed by atoms with Crippen LogP contribution in [0.3, 0.4) is 0 Å². The number of hydrogen-bond acceptors (Lipinski definition) is 6. The molecule has 0 saturated carbocycles. The van der Waals surface area contributed by atoms with Crippen molar-refractivity contribution in [2.24, 2.45) is 13.0 Å². The Morgan fingerprint density at radius 1 is 1.15 bits per heavy atom. The molecular weight excluding hydrogens is 474 g/mol. The highest BCUT2D eigenvalue weighted by molar-refractivity contribution is 7.99. The highest BCUT2D eigenvalue weighted by Gasteiger charge is 2.25. The molecule has 1 atom stereocenters. The van der Waals surface area contributed by atoms with Gasteiger partial charge in [0, 0.05) is 23.3 Å². The van der Waals surface area contributed by atoms with Gasteiger partial charge in [0.05, 0.1) is 18.9 Å². The maximum atomic E-state index is 12.8. The molecule has 10 heteroatoms. The number of ether oxygens (including phenoxy) is 1. The number of methoxy groups -OCH3 is 1. The van der Waals surface area contributed by atoms with Crippen molar-refractivity contribution < 1.29 is 14.3 Å². The van der Waals surface area contributed by atoms with Gasteiger partial charge in [0.1, 0.15) is 5.75 Å². The molecule has 0 aliphatic carbocycles. The van der Waals surface area contributed by atoms with Gasteiger partial charge in [-0.15, -0.1) is 10.2 Å². The van der Waals surface area contributed by atoms with Crippen LogP contribution in [0.1, 0.15) is 41.6 Å². The summed E-state index contributed by atoms with van der Waals surface area (Å²) in [6.07, 6.45) is 0. The number of nitrogens with one attached hydrogen (secondary N) is 2. The van der Waals surface area contributed by atoms with Crippen LogP contribution < -0.4 is 15.4 Å². The predicted molar refractivity (Wildman–Crippen MR) is 135 cm³/mol. The van der Waals surface area contributed by atoms with Crippen LogP contribution in [0.5, 0.6) is 5.75 Å². The molecule has 0 spiro atoms. The monoisotopic (exact) mass is 501 g/mol. The first-order valence-corrected chi connectivity index (χ1v) is 12.1. The van der Waals surface area contributed by atoms with E-state index in [1.54, 1.807) is 42.0 Å². The lowest BCUT2D eigenvalue weighted by Gasteiger charge is -2.21. The molecule has 3 rings (SSSR count). The third-order valence-electron chi connectivity index (χ3n) is 5.24. The third kappa shape index (κ3) is 6.30. The Hall–Kier alpha value is -3.04. The first kappa shape index (κ1) is 25.6. The molecule has 180 valence electrons. The Labute approximate surface area is 208 Å². The summed E-state index contributed by atoms with van der Waals surface area (Å²) in [5.74, 6) is 1.13. The van der Waals surface area contributed by atoms with E-state index in [0.29, 0.717) is 33.0 Å². The minimum Gasteiger partial charge on any atom is -0.497 e. The molecule has 8 nitrogen and oxygen atoms in total. The van der Waals surface area contributed by atoms with Crippen LogP contribution >= 0.6 is 23.4 Å². The molecular formula is C24H28ClN5O3S. The SMILES string of the molecule is COc1ccc(C(=O)NC(c2nnc(SCC(=O)Nc3ccc(C)c(Cl)c3)n2C)C(C)C)cc1. The van der Waals surface area contributed by atoms with Gasteiger partial charge in [-0.2, -0.15) is 0 Å². The van der Waals surface area contributed by atoms with E-state index < -0.39 is 0 Å². The summed E-state index contributed by atoms with van der Waals surface area (Å²) in [7, 11) is 3.40. The van der Waals surface area contributed by atoms with E-state index >= 15 is 0 Å². The molecule has 3 aromatic rings. The summed E-state index contributed by atoms with van der Waals surface area (Å²) in [5.41, 5.74) is 2.11. The van der Waals surface area contributed by atoms with Gasteiger partial charge in [0.15, 0.2) is 11.0 Å². The predicted octanol–water partition coefficient (Wildman–Crippen LogP) is 4.64. The average Bonchev–Trinajstić information content (AvgIpc) is 3.18. The molecule has 0 bridgehead atoms. The van der Waals surface area contributed by atoms with Crippen LogP contribution in [0.25, 0.3) is 0 Å². The zero-order chi connectivity index (χ0) is 24.8. The Balaban J connectivity index is 1.65. The van der Waals surface area contributed by atoms with Crippen LogP contribution in [0.15, 0.2) is 47.6 Å². The summed E-state index contributed by atoms with van der Waals surface area (Å²) in [5, 5.41) is 15.6. The molecule has 34 heavy (non-hydrogen) atoms. The molecule has 0 radical (unpaired) electrons. The van der Waals surface area contributed by atoms with Crippen LogP contribution in [-0.4, -0.2) is 39.4 Å². The molecule has 0 aliphatic rings. The summed E-state index contributed by atoms with van der Waals surface area (Å²) < 4.78 is 6.95. The van der Waals surface area contributed by atoms with Crippen LogP contribution in [0.4, 0.5) is 5.69 Å². The summed E-state index contributed by atoms with van der Waals surface area (Å²) >= 11 is 7.39. The van der Waals surface area contributed by atoms with Crippen LogP contribution in [0, 0.1) is 12.8 Å². The van der Waals surface area contributed by atoms with Crippen molar-refractivity contribution in [1.29, 1.82) is 0 Å². The Morgan fingerprint density at radius 3 is 2.47 bits per heavy atom. The van der Waals surface area contributed by atoms with Crippen molar-refractivity contribution in [3.63, 3.8) is 0 Å². The molecule has 1 heterocycles. The minimum absolute atomic E-state index is 0.0672.